The fourth-order valence-corrected chi connectivity index (χ4v) is 8.25. The van der Waals surface area contributed by atoms with Crippen molar-refractivity contribution >= 4 is 40.4 Å². The largest absolute Gasteiger partial charge is 0.469 e. The molecule has 0 aromatic heterocycles. The Hall–Kier alpha value is -4.66. The SMILES string of the molecule is COC(=O)CCc1ccc(N(C)c2cc3c(cc2Cl)C(c2ccccc2C(=O)N2CCOCC2)=c2cc4c5c(c2O3)CCC[N+]=5CCC4)cc1. The van der Waals surface area contributed by atoms with Crippen LogP contribution < -0.4 is 24.8 Å². The van der Waals surface area contributed by atoms with Crippen molar-refractivity contribution in [2.45, 2.75) is 38.5 Å². The van der Waals surface area contributed by atoms with Crippen LogP contribution in [-0.2, 0) is 33.5 Å². The Morgan fingerprint density at radius 1 is 0.960 bits per heavy atom. The highest BCUT2D eigenvalue weighted by atomic mass is 35.5. The van der Waals surface area contributed by atoms with Crippen LogP contribution in [0.5, 0.6) is 11.5 Å². The number of hydrogen-bond donors (Lipinski definition) is 0. The monoisotopic (exact) mass is 690 g/mol. The molecule has 0 saturated carbocycles. The van der Waals surface area contributed by atoms with Crippen molar-refractivity contribution < 1.29 is 23.8 Å². The lowest BCUT2D eigenvalue weighted by Crippen LogP contribution is -2.45. The zero-order valence-electron chi connectivity index (χ0n) is 28.6. The number of carbonyl (C=O) groups excluding carboxylic acids is 2. The maximum Gasteiger partial charge on any atom is 0.305 e. The van der Waals surface area contributed by atoms with Gasteiger partial charge < -0.3 is 24.0 Å². The first-order valence-electron chi connectivity index (χ1n) is 17.6. The van der Waals surface area contributed by atoms with Crippen LogP contribution in [0.1, 0.15) is 57.4 Å². The second kappa shape index (κ2) is 13.6. The highest BCUT2D eigenvalue weighted by Gasteiger charge is 2.33. The first kappa shape index (κ1) is 32.5. The number of methoxy groups -OCH3 is 1. The molecule has 8 nitrogen and oxygen atoms in total. The average Bonchev–Trinajstić information content (AvgIpc) is 3.16. The fourth-order valence-electron chi connectivity index (χ4n) is 7.96. The molecule has 4 heterocycles. The molecule has 8 rings (SSSR count). The second-order valence-corrected chi connectivity index (χ2v) is 13.9. The molecule has 0 N–H and O–H groups in total. The van der Waals surface area contributed by atoms with Gasteiger partial charge in [0, 0.05) is 78.6 Å². The van der Waals surface area contributed by atoms with Crippen molar-refractivity contribution in [1.82, 2.24) is 9.48 Å². The Morgan fingerprint density at radius 3 is 2.50 bits per heavy atom. The Kier molecular flexibility index (Phi) is 8.83. The Balaban J connectivity index is 1.28. The van der Waals surface area contributed by atoms with Crippen LogP contribution in [0.25, 0.3) is 5.57 Å². The number of esters is 1. The maximum atomic E-state index is 14.1. The first-order chi connectivity index (χ1) is 24.4. The summed E-state index contributed by atoms with van der Waals surface area (Å²) in [5.74, 6) is 1.39. The van der Waals surface area contributed by atoms with E-state index in [0.717, 1.165) is 83.4 Å². The normalized spacial score (nSPS) is 16.2. The molecule has 0 spiro atoms. The number of morpholine rings is 1. The van der Waals surface area contributed by atoms with E-state index in [4.69, 9.17) is 25.8 Å². The molecule has 50 heavy (non-hydrogen) atoms. The summed E-state index contributed by atoms with van der Waals surface area (Å²) in [7, 11) is 3.40. The van der Waals surface area contributed by atoms with E-state index in [-0.39, 0.29) is 11.9 Å². The number of rotatable bonds is 7. The van der Waals surface area contributed by atoms with Crippen molar-refractivity contribution in [3.05, 3.63) is 116 Å². The number of hydrogen-bond acceptors (Lipinski definition) is 6. The van der Waals surface area contributed by atoms with E-state index in [0.29, 0.717) is 55.5 Å². The van der Waals surface area contributed by atoms with Gasteiger partial charge in [-0.2, -0.15) is 0 Å². The number of benzene rings is 4. The van der Waals surface area contributed by atoms with E-state index in [1.54, 1.807) is 0 Å². The molecule has 256 valence electrons. The Labute approximate surface area is 297 Å². The van der Waals surface area contributed by atoms with Gasteiger partial charge in [-0.05, 0) is 60.7 Å². The molecular formula is C41H41ClN3O5+. The molecule has 0 atom stereocenters. The van der Waals surface area contributed by atoms with Crippen LogP contribution in [0, 0.1) is 0 Å². The van der Waals surface area contributed by atoms with Crippen molar-refractivity contribution in [2.75, 3.05) is 58.5 Å². The summed E-state index contributed by atoms with van der Waals surface area (Å²) in [6.07, 6.45) is 5.11. The third kappa shape index (κ3) is 5.84. The molecule has 1 saturated heterocycles. The van der Waals surface area contributed by atoms with Crippen LogP contribution in [0.4, 0.5) is 11.4 Å². The molecule has 1 fully saturated rings. The van der Waals surface area contributed by atoms with E-state index >= 15 is 0 Å². The van der Waals surface area contributed by atoms with Gasteiger partial charge in [0.15, 0.2) is 0 Å². The molecule has 0 aliphatic carbocycles. The van der Waals surface area contributed by atoms with E-state index in [1.807, 2.05) is 66.5 Å². The highest BCUT2D eigenvalue weighted by molar-refractivity contribution is 6.33. The van der Waals surface area contributed by atoms with Crippen LogP contribution in [0.15, 0.2) is 66.7 Å². The van der Waals surface area contributed by atoms with Crippen molar-refractivity contribution in [1.29, 1.82) is 0 Å². The molecule has 4 aromatic rings. The summed E-state index contributed by atoms with van der Waals surface area (Å²) < 4.78 is 19.9. The summed E-state index contributed by atoms with van der Waals surface area (Å²) >= 11 is 7.19. The van der Waals surface area contributed by atoms with Gasteiger partial charge in [-0.25, -0.2) is 4.58 Å². The van der Waals surface area contributed by atoms with E-state index in [1.165, 1.54) is 23.6 Å². The maximum absolute atomic E-state index is 14.1. The number of aryl methyl sites for hydroxylation is 2. The molecule has 4 aliphatic rings. The topological polar surface area (TPSA) is 71.3 Å². The van der Waals surface area contributed by atoms with E-state index in [9.17, 15) is 9.59 Å². The number of anilines is 2. The van der Waals surface area contributed by atoms with Gasteiger partial charge in [0.2, 0.25) is 5.36 Å². The smallest absolute Gasteiger partial charge is 0.305 e. The van der Waals surface area contributed by atoms with Gasteiger partial charge in [-0.1, -0.05) is 41.9 Å². The molecule has 0 bridgehead atoms. The standard InChI is InChI=1S/C41H41ClN3O5/c1-43(28-14-11-26(12-15-28)13-16-37(46)48-2)35-25-36-32(24-34(35)42)38(29-8-3-4-9-30(29)41(47)45-19-21-49-22-20-45)33-23-27-7-5-17-44-18-6-10-31(39(27)44)40(33)50-36/h3-4,8-9,11-12,14-15,23-25H,5-7,10,13,16-22H2,1-2H3/q+1. The number of nitrogens with zero attached hydrogens (tertiary/aromatic N) is 3. The molecule has 0 unspecified atom stereocenters. The fraction of sp³-hybridized carbons (Fsp3) is 0.341. The molecular weight excluding hydrogens is 650 g/mol. The Morgan fingerprint density at radius 2 is 1.72 bits per heavy atom. The Bertz CT molecular complexity index is 2130. The molecule has 4 aliphatic heterocycles. The minimum Gasteiger partial charge on any atom is -0.469 e. The lowest BCUT2D eigenvalue weighted by Gasteiger charge is -2.30. The average molecular weight is 691 g/mol. The second-order valence-electron chi connectivity index (χ2n) is 13.5. The van der Waals surface area contributed by atoms with Crippen molar-refractivity contribution in [3.63, 3.8) is 0 Å². The molecule has 0 radical (unpaired) electrons. The summed E-state index contributed by atoms with van der Waals surface area (Å²) in [6.45, 7) is 4.35. The van der Waals surface area contributed by atoms with Gasteiger partial charge in [0.05, 0.1) is 36.6 Å². The third-order valence-corrected chi connectivity index (χ3v) is 10.8. The molecule has 9 heteroatoms. The summed E-state index contributed by atoms with van der Waals surface area (Å²) in [4.78, 5) is 29.7. The number of amides is 1. The number of halogens is 1. The quantitative estimate of drug-likeness (QED) is 0.168. The van der Waals surface area contributed by atoms with Gasteiger partial charge >= 0.3 is 5.97 Å². The van der Waals surface area contributed by atoms with Gasteiger partial charge in [-0.15, -0.1) is 0 Å². The lowest BCUT2D eigenvalue weighted by atomic mass is 9.86. The lowest BCUT2D eigenvalue weighted by molar-refractivity contribution is -0.140. The predicted octanol–water partition coefficient (Wildman–Crippen LogP) is 5.42. The summed E-state index contributed by atoms with van der Waals surface area (Å²) in [5.41, 5.74) is 8.82. The summed E-state index contributed by atoms with van der Waals surface area (Å²) in [6, 6.07) is 22.4. The van der Waals surface area contributed by atoms with Crippen molar-refractivity contribution in [2.24, 2.45) is 0 Å². The zero-order chi connectivity index (χ0) is 34.4. The number of ether oxygens (including phenoxy) is 3. The van der Waals surface area contributed by atoms with Crippen LogP contribution in [0.3, 0.4) is 0 Å². The number of carbonyl (C=O) groups is 2. The summed E-state index contributed by atoms with van der Waals surface area (Å²) in [5, 5.41) is 2.94. The van der Waals surface area contributed by atoms with Crippen LogP contribution >= 0.6 is 11.6 Å². The predicted molar refractivity (Wildman–Crippen MR) is 194 cm³/mol. The van der Waals surface area contributed by atoms with Crippen LogP contribution in [0.2, 0.25) is 5.02 Å². The minimum atomic E-state index is -0.222. The highest BCUT2D eigenvalue weighted by Crippen LogP contribution is 2.44. The van der Waals surface area contributed by atoms with Gasteiger partial charge in [0.25, 0.3) is 5.91 Å². The van der Waals surface area contributed by atoms with E-state index in [2.05, 4.69) is 21.6 Å². The molecule has 4 aromatic carbocycles. The minimum absolute atomic E-state index is 0.00829. The van der Waals surface area contributed by atoms with Crippen molar-refractivity contribution in [3.8, 4) is 11.5 Å². The third-order valence-electron chi connectivity index (χ3n) is 10.5. The zero-order valence-corrected chi connectivity index (χ0v) is 29.4. The molecule has 1 amide bonds. The van der Waals surface area contributed by atoms with Gasteiger partial charge in [0.1, 0.15) is 24.6 Å². The van der Waals surface area contributed by atoms with Crippen LogP contribution in [-0.4, -0.2) is 70.3 Å². The van der Waals surface area contributed by atoms with E-state index < -0.39 is 0 Å². The number of fused-ring (bicyclic) bond motifs is 3. The van der Waals surface area contributed by atoms with Gasteiger partial charge in [-0.3, -0.25) is 9.59 Å². The first-order valence-corrected chi connectivity index (χ1v) is 18.0.